The maximum absolute atomic E-state index is 11.5. The quantitative estimate of drug-likeness (QED) is 0.838. The summed E-state index contributed by atoms with van der Waals surface area (Å²) in [4.78, 5) is 0. The molecule has 0 aliphatic heterocycles. The smallest absolute Gasteiger partial charge is 0.154 e. The molecule has 1 unspecified atom stereocenters. The Kier molecular flexibility index (Phi) is 3.25. The minimum atomic E-state index is -3.17. The first-order chi connectivity index (χ1) is 6.75. The van der Waals surface area contributed by atoms with E-state index in [0.717, 1.165) is 0 Å². The van der Waals surface area contributed by atoms with Crippen LogP contribution in [0.1, 0.15) is 19.6 Å². The van der Waals surface area contributed by atoms with Gasteiger partial charge in [0.25, 0.3) is 0 Å². The van der Waals surface area contributed by atoms with Gasteiger partial charge >= 0.3 is 0 Å². The highest BCUT2D eigenvalue weighted by Gasteiger charge is 2.37. The van der Waals surface area contributed by atoms with Crippen molar-refractivity contribution in [1.29, 1.82) is 0 Å². The van der Waals surface area contributed by atoms with Crippen molar-refractivity contribution in [3.05, 3.63) is 24.2 Å². The lowest BCUT2D eigenvalue weighted by Crippen LogP contribution is -2.49. The van der Waals surface area contributed by atoms with Crippen molar-refractivity contribution in [3.63, 3.8) is 0 Å². The number of hydrogen-bond acceptors (Lipinski definition) is 4. The molecule has 0 fully saturated rings. The normalized spacial score (nSPS) is 15.2. The van der Waals surface area contributed by atoms with Crippen molar-refractivity contribution in [2.75, 3.05) is 6.26 Å². The van der Waals surface area contributed by atoms with Gasteiger partial charge in [-0.1, -0.05) is 0 Å². The van der Waals surface area contributed by atoms with Crippen LogP contribution in [0.25, 0.3) is 0 Å². The Bertz CT molecular complexity index is 406. The topological polar surface area (TPSA) is 73.3 Å². The summed E-state index contributed by atoms with van der Waals surface area (Å²) in [7, 11) is -3.17. The molecule has 0 aromatic carbocycles. The summed E-state index contributed by atoms with van der Waals surface area (Å²) in [6.45, 7) is 3.27. The summed E-state index contributed by atoms with van der Waals surface area (Å²) >= 11 is 0. The molecule has 0 aliphatic rings. The van der Waals surface area contributed by atoms with E-state index in [4.69, 9.17) is 10.2 Å². The lowest BCUT2D eigenvalue weighted by molar-refractivity contribution is 0.434. The van der Waals surface area contributed by atoms with E-state index in [-0.39, 0.29) is 0 Å². The largest absolute Gasteiger partial charge is 0.469 e. The molecule has 1 atom stereocenters. The van der Waals surface area contributed by atoms with Crippen LogP contribution in [0.5, 0.6) is 0 Å². The lowest BCUT2D eigenvalue weighted by atomic mass is 10.00. The first-order valence-corrected chi connectivity index (χ1v) is 6.62. The van der Waals surface area contributed by atoms with Gasteiger partial charge in [-0.25, -0.2) is 8.42 Å². The molecular weight excluding hydrogens is 214 g/mol. The number of sulfone groups is 1. The van der Waals surface area contributed by atoms with Gasteiger partial charge in [-0.05, 0) is 26.0 Å². The second kappa shape index (κ2) is 3.98. The van der Waals surface area contributed by atoms with E-state index in [2.05, 4.69) is 0 Å². The zero-order valence-corrected chi connectivity index (χ0v) is 10.0. The minimum absolute atomic E-state index is 0.424. The highest BCUT2D eigenvalue weighted by Crippen LogP contribution is 2.21. The molecule has 0 amide bonds. The van der Waals surface area contributed by atoms with Gasteiger partial charge < -0.3 is 10.2 Å². The maximum atomic E-state index is 11.5. The number of hydrogen-bond donors (Lipinski definition) is 1. The molecule has 0 saturated carbocycles. The first-order valence-electron chi connectivity index (χ1n) is 4.72. The summed E-state index contributed by atoms with van der Waals surface area (Å²) in [5.41, 5.74) is 5.89. The molecule has 1 aromatic heterocycles. The highest BCUT2D eigenvalue weighted by atomic mass is 32.2. The van der Waals surface area contributed by atoms with E-state index in [0.29, 0.717) is 12.2 Å². The number of furan rings is 1. The van der Waals surface area contributed by atoms with Crippen LogP contribution < -0.4 is 5.73 Å². The van der Waals surface area contributed by atoms with E-state index in [9.17, 15) is 8.42 Å². The van der Waals surface area contributed by atoms with Gasteiger partial charge in [0, 0.05) is 18.7 Å². The van der Waals surface area contributed by atoms with E-state index >= 15 is 0 Å². The molecule has 0 bridgehead atoms. The molecule has 1 aromatic rings. The standard InChI is InChI=1S/C10H17NO3S/c1-10(2,15(3,12)13)9(11)7-8-5-4-6-14-8/h4-6,9H,7,11H2,1-3H3. The Labute approximate surface area is 90.4 Å². The van der Waals surface area contributed by atoms with E-state index < -0.39 is 20.6 Å². The van der Waals surface area contributed by atoms with Gasteiger partial charge in [0.05, 0.1) is 11.0 Å². The molecule has 4 nitrogen and oxygen atoms in total. The van der Waals surface area contributed by atoms with Crippen LogP contribution in [0.3, 0.4) is 0 Å². The molecule has 0 aliphatic carbocycles. The average Bonchev–Trinajstić information content (AvgIpc) is 2.54. The predicted octanol–water partition coefficient (Wildman–Crippen LogP) is 0.973. The molecule has 0 radical (unpaired) electrons. The zero-order valence-electron chi connectivity index (χ0n) is 9.23. The SMILES string of the molecule is CC(C)(C(N)Cc1ccco1)S(C)(=O)=O. The fourth-order valence-corrected chi connectivity index (χ4v) is 1.80. The molecular formula is C10H17NO3S. The Hall–Kier alpha value is -0.810. The third kappa shape index (κ3) is 2.60. The third-order valence-electron chi connectivity index (χ3n) is 2.85. The van der Waals surface area contributed by atoms with Crippen LogP contribution in [-0.2, 0) is 16.3 Å². The summed E-state index contributed by atoms with van der Waals surface area (Å²) in [6.07, 6.45) is 3.18. The summed E-state index contributed by atoms with van der Waals surface area (Å²) < 4.78 is 27.2. The van der Waals surface area contributed by atoms with Gasteiger partial charge in [0.1, 0.15) is 5.76 Å². The van der Waals surface area contributed by atoms with Crippen molar-refractivity contribution in [1.82, 2.24) is 0 Å². The highest BCUT2D eigenvalue weighted by molar-refractivity contribution is 7.92. The van der Waals surface area contributed by atoms with Crippen molar-refractivity contribution >= 4 is 9.84 Å². The Morgan fingerprint density at radius 3 is 2.53 bits per heavy atom. The fraction of sp³-hybridized carbons (Fsp3) is 0.600. The molecule has 2 N–H and O–H groups in total. The minimum Gasteiger partial charge on any atom is -0.469 e. The van der Waals surface area contributed by atoms with Crippen LogP contribution in [0.15, 0.2) is 22.8 Å². The van der Waals surface area contributed by atoms with E-state index in [1.807, 2.05) is 0 Å². The molecule has 0 saturated heterocycles. The average molecular weight is 231 g/mol. The van der Waals surface area contributed by atoms with Gasteiger partial charge in [0.2, 0.25) is 0 Å². The Morgan fingerprint density at radius 2 is 2.13 bits per heavy atom. The first kappa shape index (κ1) is 12.3. The fourth-order valence-electron chi connectivity index (χ4n) is 1.17. The molecule has 1 rings (SSSR count). The third-order valence-corrected chi connectivity index (χ3v) is 5.06. The molecule has 15 heavy (non-hydrogen) atoms. The molecule has 5 heteroatoms. The molecule has 86 valence electrons. The lowest BCUT2D eigenvalue weighted by Gasteiger charge is -2.29. The second-order valence-corrected chi connectivity index (χ2v) is 6.86. The van der Waals surface area contributed by atoms with Crippen LogP contribution in [0, 0.1) is 0 Å². The Balaban J connectivity index is 2.81. The number of nitrogens with two attached hydrogens (primary N) is 1. The van der Waals surface area contributed by atoms with Crippen molar-refractivity contribution < 1.29 is 12.8 Å². The monoisotopic (exact) mass is 231 g/mol. The molecule has 0 spiro atoms. The maximum Gasteiger partial charge on any atom is 0.154 e. The number of rotatable bonds is 4. The predicted molar refractivity (Wildman–Crippen MR) is 59.3 cm³/mol. The van der Waals surface area contributed by atoms with Gasteiger partial charge in [0.15, 0.2) is 9.84 Å². The zero-order chi connectivity index (χ0) is 11.7. The second-order valence-electron chi connectivity index (χ2n) is 4.27. The van der Waals surface area contributed by atoms with Crippen molar-refractivity contribution in [3.8, 4) is 0 Å². The van der Waals surface area contributed by atoms with Gasteiger partial charge in [-0.3, -0.25) is 0 Å². The summed E-state index contributed by atoms with van der Waals surface area (Å²) in [5.74, 6) is 0.708. The van der Waals surface area contributed by atoms with E-state index in [1.165, 1.54) is 6.26 Å². The van der Waals surface area contributed by atoms with Crippen LogP contribution >= 0.6 is 0 Å². The van der Waals surface area contributed by atoms with Gasteiger partial charge in [-0.15, -0.1) is 0 Å². The Morgan fingerprint density at radius 1 is 1.53 bits per heavy atom. The van der Waals surface area contributed by atoms with Crippen LogP contribution in [-0.4, -0.2) is 25.5 Å². The summed E-state index contributed by atoms with van der Waals surface area (Å²) in [5, 5.41) is 0. The van der Waals surface area contributed by atoms with Crippen LogP contribution in [0.4, 0.5) is 0 Å². The van der Waals surface area contributed by atoms with Crippen molar-refractivity contribution in [2.45, 2.75) is 31.1 Å². The summed E-state index contributed by atoms with van der Waals surface area (Å²) in [6, 6.07) is 3.08. The van der Waals surface area contributed by atoms with Crippen molar-refractivity contribution in [2.24, 2.45) is 5.73 Å². The van der Waals surface area contributed by atoms with E-state index in [1.54, 1.807) is 32.2 Å². The van der Waals surface area contributed by atoms with Crippen LogP contribution in [0.2, 0.25) is 0 Å². The van der Waals surface area contributed by atoms with Gasteiger partial charge in [-0.2, -0.15) is 0 Å². The molecule has 1 heterocycles.